The van der Waals surface area contributed by atoms with Crippen molar-refractivity contribution in [3.05, 3.63) is 36.4 Å². The summed E-state index contributed by atoms with van der Waals surface area (Å²) >= 11 is 1.47. The Balaban J connectivity index is 2.32. The van der Waals surface area contributed by atoms with Crippen molar-refractivity contribution in [1.29, 1.82) is 0 Å². The highest BCUT2D eigenvalue weighted by Crippen LogP contribution is 2.33. The molecule has 90 valence electrons. The Bertz CT molecular complexity index is 513. The van der Waals surface area contributed by atoms with E-state index in [-0.39, 0.29) is 12.4 Å². The molecule has 0 bridgehead atoms. The minimum atomic E-state index is -0.715. The highest BCUT2D eigenvalue weighted by atomic mass is 32.2. The molecule has 0 aliphatic heterocycles. The summed E-state index contributed by atoms with van der Waals surface area (Å²) < 4.78 is 0. The van der Waals surface area contributed by atoms with E-state index in [0.717, 1.165) is 15.7 Å². The molecule has 17 heavy (non-hydrogen) atoms. The normalized spacial score (nSPS) is 12.8. The van der Waals surface area contributed by atoms with Crippen molar-refractivity contribution >= 4 is 22.5 Å². The van der Waals surface area contributed by atoms with Crippen LogP contribution in [0.2, 0.25) is 0 Å². The monoisotopic (exact) mass is 250 g/mol. The molecule has 1 atom stereocenters. The smallest absolute Gasteiger partial charge is 0.123 e. The topological polar surface area (TPSA) is 60.7 Å². The number of hydrogen-bond acceptors (Lipinski definition) is 4. The molecule has 0 saturated heterocycles. The molecule has 0 heterocycles. The van der Waals surface area contributed by atoms with Crippen molar-refractivity contribution < 1.29 is 15.3 Å². The number of phenolic OH excluding ortho intramolecular Hbond substituents is 1. The number of aromatic hydroxyl groups is 1. The maximum atomic E-state index is 9.72. The van der Waals surface area contributed by atoms with Gasteiger partial charge in [-0.25, -0.2) is 0 Å². The van der Waals surface area contributed by atoms with Crippen molar-refractivity contribution in [2.75, 3.05) is 12.4 Å². The first kappa shape index (κ1) is 12.2. The van der Waals surface area contributed by atoms with Crippen LogP contribution in [0.15, 0.2) is 41.3 Å². The number of hydrogen-bond donors (Lipinski definition) is 3. The second-order valence-electron chi connectivity index (χ2n) is 3.78. The zero-order valence-corrected chi connectivity index (χ0v) is 10.0. The molecule has 0 spiro atoms. The predicted octanol–water partition coefficient (Wildman–Crippen LogP) is 1.99. The molecule has 0 aliphatic rings. The first-order chi connectivity index (χ1) is 8.22. The Morgan fingerprint density at radius 1 is 1.06 bits per heavy atom. The molecule has 4 heteroatoms. The first-order valence-electron chi connectivity index (χ1n) is 5.35. The van der Waals surface area contributed by atoms with Gasteiger partial charge >= 0.3 is 0 Å². The van der Waals surface area contributed by atoms with E-state index in [9.17, 15) is 10.2 Å². The van der Waals surface area contributed by atoms with Gasteiger partial charge in [-0.15, -0.1) is 11.8 Å². The average molecular weight is 250 g/mol. The van der Waals surface area contributed by atoms with Crippen LogP contribution in [0.3, 0.4) is 0 Å². The van der Waals surface area contributed by atoms with Crippen molar-refractivity contribution in [2.24, 2.45) is 0 Å². The Labute approximate surface area is 104 Å². The third-order valence-corrected chi connectivity index (χ3v) is 3.72. The van der Waals surface area contributed by atoms with E-state index in [4.69, 9.17) is 5.11 Å². The summed E-state index contributed by atoms with van der Waals surface area (Å²) in [4.78, 5) is 0.992. The molecule has 2 aromatic rings. The van der Waals surface area contributed by atoms with Crippen LogP contribution < -0.4 is 0 Å². The van der Waals surface area contributed by atoms with Gasteiger partial charge in [-0.2, -0.15) is 0 Å². The van der Waals surface area contributed by atoms with Crippen LogP contribution in [-0.4, -0.2) is 33.8 Å². The lowest BCUT2D eigenvalue weighted by molar-refractivity contribution is 0.113. The largest absolute Gasteiger partial charge is 0.507 e. The van der Waals surface area contributed by atoms with Gasteiger partial charge < -0.3 is 15.3 Å². The number of aliphatic hydroxyl groups excluding tert-OH is 2. The lowest BCUT2D eigenvalue weighted by Crippen LogP contribution is -2.14. The summed E-state index contributed by atoms with van der Waals surface area (Å²) in [6.45, 7) is -0.233. The van der Waals surface area contributed by atoms with E-state index in [1.54, 1.807) is 6.07 Å². The van der Waals surface area contributed by atoms with Gasteiger partial charge in [-0.3, -0.25) is 0 Å². The van der Waals surface area contributed by atoms with Gasteiger partial charge in [0.15, 0.2) is 0 Å². The summed E-state index contributed by atoms with van der Waals surface area (Å²) in [5.74, 6) is 0.693. The SMILES string of the molecule is OCC(O)CSc1ccc(O)c2ccccc12. The van der Waals surface area contributed by atoms with E-state index >= 15 is 0 Å². The van der Waals surface area contributed by atoms with Gasteiger partial charge in [-0.1, -0.05) is 24.3 Å². The minimum absolute atomic E-state index is 0.233. The van der Waals surface area contributed by atoms with E-state index in [1.807, 2.05) is 30.3 Å². The summed E-state index contributed by atoms with van der Waals surface area (Å²) in [5.41, 5.74) is 0. The molecule has 1 unspecified atom stereocenters. The zero-order chi connectivity index (χ0) is 12.3. The molecule has 0 amide bonds. The van der Waals surface area contributed by atoms with Crippen molar-refractivity contribution in [1.82, 2.24) is 0 Å². The van der Waals surface area contributed by atoms with Crippen LogP contribution in [-0.2, 0) is 0 Å². The summed E-state index contributed by atoms with van der Waals surface area (Å²) in [5, 5.41) is 29.6. The van der Waals surface area contributed by atoms with Crippen molar-refractivity contribution in [3.63, 3.8) is 0 Å². The Morgan fingerprint density at radius 2 is 1.76 bits per heavy atom. The summed E-state index contributed by atoms with van der Waals surface area (Å²) in [6, 6.07) is 11.1. The first-order valence-corrected chi connectivity index (χ1v) is 6.33. The second kappa shape index (κ2) is 5.40. The number of benzene rings is 2. The number of rotatable bonds is 4. The molecule has 2 rings (SSSR count). The average Bonchev–Trinajstić information content (AvgIpc) is 2.38. The zero-order valence-electron chi connectivity index (χ0n) is 9.21. The molecule has 0 aromatic heterocycles. The van der Waals surface area contributed by atoms with Crippen molar-refractivity contribution in [2.45, 2.75) is 11.0 Å². The van der Waals surface area contributed by atoms with Crippen LogP contribution in [0, 0.1) is 0 Å². The predicted molar refractivity (Wildman–Crippen MR) is 69.4 cm³/mol. The third kappa shape index (κ3) is 2.72. The third-order valence-electron chi connectivity index (χ3n) is 2.50. The standard InChI is InChI=1S/C13H14O3S/c14-7-9(15)8-17-13-6-5-12(16)10-3-1-2-4-11(10)13/h1-6,9,14-16H,7-8H2. The van der Waals surface area contributed by atoms with Gasteiger partial charge in [0.2, 0.25) is 0 Å². The van der Waals surface area contributed by atoms with Crippen LogP contribution >= 0.6 is 11.8 Å². The maximum absolute atomic E-state index is 9.72. The second-order valence-corrected chi connectivity index (χ2v) is 4.84. The van der Waals surface area contributed by atoms with Gasteiger partial charge in [0.25, 0.3) is 0 Å². The maximum Gasteiger partial charge on any atom is 0.123 e. The molecule has 0 fully saturated rings. The van der Waals surface area contributed by atoms with E-state index in [2.05, 4.69) is 0 Å². The summed E-state index contributed by atoms with van der Waals surface area (Å²) in [6.07, 6.45) is -0.715. The number of thioether (sulfide) groups is 1. The van der Waals surface area contributed by atoms with Crippen LogP contribution in [0.1, 0.15) is 0 Å². The molecular weight excluding hydrogens is 236 g/mol. The molecule has 0 aliphatic carbocycles. The van der Waals surface area contributed by atoms with Crippen molar-refractivity contribution in [3.8, 4) is 5.75 Å². The van der Waals surface area contributed by atoms with Crippen LogP contribution in [0.25, 0.3) is 10.8 Å². The fourth-order valence-electron chi connectivity index (χ4n) is 1.62. The van der Waals surface area contributed by atoms with E-state index in [1.165, 1.54) is 11.8 Å². The number of fused-ring (bicyclic) bond motifs is 1. The lowest BCUT2D eigenvalue weighted by Gasteiger charge is -2.10. The minimum Gasteiger partial charge on any atom is -0.507 e. The van der Waals surface area contributed by atoms with Crippen LogP contribution in [0.5, 0.6) is 5.75 Å². The molecule has 0 saturated carbocycles. The van der Waals surface area contributed by atoms with Gasteiger partial charge in [0.1, 0.15) is 5.75 Å². The van der Waals surface area contributed by atoms with E-state index < -0.39 is 6.10 Å². The fourth-order valence-corrected chi connectivity index (χ4v) is 2.60. The van der Waals surface area contributed by atoms with Gasteiger partial charge in [0.05, 0.1) is 12.7 Å². The molecule has 0 radical (unpaired) electrons. The van der Waals surface area contributed by atoms with E-state index in [0.29, 0.717) is 5.75 Å². The van der Waals surface area contributed by atoms with Crippen LogP contribution in [0.4, 0.5) is 0 Å². The summed E-state index contributed by atoms with van der Waals surface area (Å²) in [7, 11) is 0. The number of aliphatic hydroxyl groups is 2. The highest BCUT2D eigenvalue weighted by Gasteiger charge is 2.07. The van der Waals surface area contributed by atoms with Gasteiger partial charge in [-0.05, 0) is 17.5 Å². The quantitative estimate of drug-likeness (QED) is 0.726. The van der Waals surface area contributed by atoms with Gasteiger partial charge in [0, 0.05) is 16.0 Å². The lowest BCUT2D eigenvalue weighted by atomic mass is 10.1. The number of phenols is 1. The fraction of sp³-hybridized carbons (Fsp3) is 0.231. The molecule has 3 nitrogen and oxygen atoms in total. The Kier molecular flexibility index (Phi) is 3.89. The molecular formula is C13H14O3S. The molecule has 2 aromatic carbocycles. The Morgan fingerprint density at radius 3 is 2.47 bits per heavy atom. The highest BCUT2D eigenvalue weighted by molar-refractivity contribution is 7.99. The molecule has 3 N–H and O–H groups in total. The Hall–Kier alpha value is -1.23.